The molecule has 7 heteroatoms. The molecule has 0 saturated heterocycles. The van der Waals surface area contributed by atoms with E-state index in [1.54, 1.807) is 23.7 Å². The smallest absolute Gasteiger partial charge is 0.183 e. The van der Waals surface area contributed by atoms with E-state index in [1.165, 1.54) is 12.1 Å². The maximum atomic E-state index is 13.7. The van der Waals surface area contributed by atoms with E-state index in [1.807, 2.05) is 28.9 Å². The van der Waals surface area contributed by atoms with E-state index in [-0.39, 0.29) is 5.82 Å². The Hall–Kier alpha value is -2.80. The monoisotopic (exact) mass is 353 g/mol. The number of thiazole rings is 1. The van der Waals surface area contributed by atoms with Crippen LogP contribution in [0.1, 0.15) is 13.8 Å². The second-order valence-corrected chi connectivity index (χ2v) is 7.07. The number of anilines is 1. The summed E-state index contributed by atoms with van der Waals surface area (Å²) in [4.78, 5) is 5.45. The lowest BCUT2D eigenvalue weighted by molar-refractivity contribution is 0.628. The molecule has 25 heavy (non-hydrogen) atoms. The molecule has 0 saturated carbocycles. The van der Waals surface area contributed by atoms with Gasteiger partial charge in [0.15, 0.2) is 10.8 Å². The van der Waals surface area contributed by atoms with Crippen molar-refractivity contribution < 1.29 is 4.39 Å². The Balaban J connectivity index is 1.84. The summed E-state index contributed by atoms with van der Waals surface area (Å²) < 4.78 is 15.5. The molecule has 0 aliphatic heterocycles. The fourth-order valence-electron chi connectivity index (χ4n) is 2.66. The summed E-state index contributed by atoms with van der Waals surface area (Å²) in [5, 5.41) is 12.3. The molecule has 3 heterocycles. The van der Waals surface area contributed by atoms with Gasteiger partial charge in [-0.2, -0.15) is 0 Å². The minimum absolute atomic E-state index is 0.276. The van der Waals surface area contributed by atoms with Gasteiger partial charge in [-0.25, -0.2) is 9.37 Å². The number of halogens is 1. The number of hydrogen-bond donors (Lipinski definition) is 1. The Kier molecular flexibility index (Phi) is 3.93. The van der Waals surface area contributed by atoms with E-state index in [0.717, 1.165) is 26.7 Å². The van der Waals surface area contributed by atoms with Crippen LogP contribution < -0.4 is 5.32 Å². The van der Waals surface area contributed by atoms with Gasteiger partial charge in [-0.15, -0.1) is 10.2 Å². The van der Waals surface area contributed by atoms with Crippen molar-refractivity contribution in [2.45, 2.75) is 19.9 Å². The number of hydrogen-bond acceptors (Lipinski definition) is 5. The molecule has 4 rings (SSSR count). The van der Waals surface area contributed by atoms with E-state index < -0.39 is 0 Å². The summed E-state index contributed by atoms with van der Waals surface area (Å²) in [6.45, 7) is 4.15. The first-order chi connectivity index (χ1) is 12.1. The summed E-state index contributed by atoms with van der Waals surface area (Å²) >= 11 is 1.58. The van der Waals surface area contributed by atoms with Crippen LogP contribution in [0.2, 0.25) is 0 Å². The van der Waals surface area contributed by atoms with E-state index in [2.05, 4.69) is 34.3 Å². The Morgan fingerprint density at radius 2 is 2.08 bits per heavy atom. The van der Waals surface area contributed by atoms with Crippen molar-refractivity contribution in [2.75, 3.05) is 5.32 Å². The van der Waals surface area contributed by atoms with Crippen LogP contribution in [0.3, 0.4) is 0 Å². The van der Waals surface area contributed by atoms with Gasteiger partial charge in [0.1, 0.15) is 12.1 Å². The molecule has 0 bridgehead atoms. The summed E-state index contributed by atoms with van der Waals surface area (Å²) in [6, 6.07) is 8.83. The molecule has 1 N–H and O–H groups in total. The molecule has 126 valence electrons. The van der Waals surface area contributed by atoms with Crippen molar-refractivity contribution in [3.63, 3.8) is 0 Å². The number of rotatable bonds is 4. The molecule has 5 nitrogen and oxygen atoms in total. The number of fused-ring (bicyclic) bond motifs is 1. The molecule has 0 spiro atoms. The first-order valence-electron chi connectivity index (χ1n) is 7.92. The van der Waals surface area contributed by atoms with Gasteiger partial charge < -0.3 is 5.32 Å². The molecule has 0 atom stereocenters. The lowest BCUT2D eigenvalue weighted by Gasteiger charge is -2.07. The molecule has 4 aromatic rings. The van der Waals surface area contributed by atoms with Crippen molar-refractivity contribution in [3.8, 4) is 21.6 Å². The quantitative estimate of drug-likeness (QED) is 0.588. The lowest BCUT2D eigenvalue weighted by Crippen LogP contribution is -2.08. The van der Waals surface area contributed by atoms with Gasteiger partial charge in [-0.1, -0.05) is 23.5 Å². The minimum Gasteiger partial charge on any atom is -0.359 e. The first kappa shape index (κ1) is 15.7. The van der Waals surface area contributed by atoms with Gasteiger partial charge in [0, 0.05) is 29.6 Å². The number of aromatic nitrogens is 4. The van der Waals surface area contributed by atoms with Crippen molar-refractivity contribution in [2.24, 2.45) is 0 Å². The topological polar surface area (TPSA) is 55.1 Å². The molecule has 0 unspecified atom stereocenters. The van der Waals surface area contributed by atoms with Crippen molar-refractivity contribution in [1.29, 1.82) is 0 Å². The number of pyridine rings is 1. The van der Waals surface area contributed by atoms with E-state index in [4.69, 9.17) is 0 Å². The molecule has 0 aliphatic rings. The Bertz CT molecular complexity index is 1040. The summed E-state index contributed by atoms with van der Waals surface area (Å²) in [6.07, 6.45) is 5.46. The molecular formula is C18H16FN5S. The standard InChI is InChI=1S/C18H16FN5S/c1-11(2)22-18-20-8-16(25-18)13-7-15(12-4-3-5-14(19)6-12)17-23-21-10-24(17)9-13/h3-11H,1-2H3,(H,20,22). The molecule has 0 radical (unpaired) electrons. The van der Waals surface area contributed by atoms with E-state index >= 15 is 0 Å². The minimum atomic E-state index is -0.276. The normalized spacial score (nSPS) is 11.4. The van der Waals surface area contributed by atoms with Gasteiger partial charge in [-0.05, 0) is 37.6 Å². The zero-order chi connectivity index (χ0) is 17.4. The van der Waals surface area contributed by atoms with Gasteiger partial charge in [0.05, 0.1) is 4.88 Å². The highest BCUT2D eigenvalue weighted by Crippen LogP contribution is 2.33. The Labute approximate surface area is 148 Å². The molecule has 1 aromatic carbocycles. The van der Waals surface area contributed by atoms with Gasteiger partial charge in [-0.3, -0.25) is 4.40 Å². The maximum Gasteiger partial charge on any atom is 0.183 e. The third kappa shape index (κ3) is 3.10. The van der Waals surface area contributed by atoms with E-state index in [0.29, 0.717) is 11.7 Å². The fourth-order valence-corrected chi connectivity index (χ4v) is 3.60. The molecule has 3 aromatic heterocycles. The maximum absolute atomic E-state index is 13.7. The zero-order valence-corrected chi connectivity index (χ0v) is 14.6. The Morgan fingerprint density at radius 1 is 1.20 bits per heavy atom. The highest BCUT2D eigenvalue weighted by atomic mass is 32.1. The van der Waals surface area contributed by atoms with Crippen molar-refractivity contribution in [1.82, 2.24) is 19.6 Å². The summed E-state index contributed by atoms with van der Waals surface area (Å²) in [5.74, 6) is -0.276. The molecule has 0 aliphatic carbocycles. The van der Waals surface area contributed by atoms with Crippen molar-refractivity contribution in [3.05, 3.63) is 54.9 Å². The second-order valence-electron chi connectivity index (χ2n) is 6.04. The second kappa shape index (κ2) is 6.25. The van der Waals surface area contributed by atoms with Crippen LogP contribution in [0.4, 0.5) is 9.52 Å². The van der Waals surface area contributed by atoms with Crippen LogP contribution in [0.5, 0.6) is 0 Å². The predicted octanol–water partition coefficient (Wildman–Crippen LogP) is 4.48. The van der Waals surface area contributed by atoms with Crippen LogP contribution >= 0.6 is 11.3 Å². The molecule has 0 amide bonds. The molecular weight excluding hydrogens is 337 g/mol. The number of nitrogens with one attached hydrogen (secondary N) is 1. The summed E-state index contributed by atoms with van der Waals surface area (Å²) in [7, 11) is 0. The number of nitrogens with zero attached hydrogens (tertiary/aromatic N) is 4. The van der Waals surface area contributed by atoms with Crippen LogP contribution in [-0.4, -0.2) is 25.6 Å². The lowest BCUT2D eigenvalue weighted by atomic mass is 10.0. The fraction of sp³-hybridized carbons (Fsp3) is 0.167. The largest absolute Gasteiger partial charge is 0.359 e. The SMILES string of the molecule is CC(C)Nc1ncc(-c2cc(-c3cccc(F)c3)c3nncn3c2)s1. The average Bonchev–Trinajstić information content (AvgIpc) is 3.22. The van der Waals surface area contributed by atoms with Gasteiger partial charge in [0.25, 0.3) is 0 Å². The third-order valence-electron chi connectivity index (χ3n) is 3.73. The predicted molar refractivity (Wildman–Crippen MR) is 98.2 cm³/mol. The van der Waals surface area contributed by atoms with Crippen molar-refractivity contribution >= 4 is 22.1 Å². The highest BCUT2D eigenvalue weighted by Gasteiger charge is 2.13. The summed E-state index contributed by atoms with van der Waals surface area (Å²) in [5.41, 5.74) is 3.28. The first-order valence-corrected chi connectivity index (χ1v) is 8.74. The highest BCUT2D eigenvalue weighted by molar-refractivity contribution is 7.18. The van der Waals surface area contributed by atoms with E-state index in [9.17, 15) is 4.39 Å². The molecule has 0 fully saturated rings. The zero-order valence-electron chi connectivity index (χ0n) is 13.8. The third-order valence-corrected chi connectivity index (χ3v) is 4.71. The van der Waals surface area contributed by atoms with Gasteiger partial charge >= 0.3 is 0 Å². The number of benzene rings is 1. The van der Waals surface area contributed by atoms with Crippen LogP contribution in [-0.2, 0) is 0 Å². The Morgan fingerprint density at radius 3 is 2.88 bits per heavy atom. The van der Waals surface area contributed by atoms with Gasteiger partial charge in [0.2, 0.25) is 0 Å². The van der Waals surface area contributed by atoms with Crippen LogP contribution in [0.25, 0.3) is 27.2 Å². The average molecular weight is 353 g/mol. The van der Waals surface area contributed by atoms with Crippen LogP contribution in [0.15, 0.2) is 49.1 Å². The van der Waals surface area contributed by atoms with Crippen LogP contribution in [0, 0.1) is 5.82 Å².